The molecule has 0 aliphatic rings. The molecule has 0 saturated carbocycles. The lowest BCUT2D eigenvalue weighted by Gasteiger charge is -2.30. The van der Waals surface area contributed by atoms with E-state index in [0.29, 0.717) is 6.04 Å². The lowest BCUT2D eigenvalue weighted by atomic mass is 10.0. The maximum Gasteiger partial charge on any atom is 0.0663 e. The quantitative estimate of drug-likeness (QED) is 0.823. The summed E-state index contributed by atoms with van der Waals surface area (Å²) < 4.78 is 5.26. The molecule has 3 heteroatoms. The van der Waals surface area contributed by atoms with Gasteiger partial charge in [0.05, 0.1) is 6.61 Å². The predicted molar refractivity (Wildman–Crippen MR) is 82.9 cm³/mol. The van der Waals surface area contributed by atoms with E-state index >= 15 is 0 Å². The molecule has 2 atom stereocenters. The molecule has 108 valence electrons. The van der Waals surface area contributed by atoms with E-state index in [1.807, 2.05) is 6.92 Å². The van der Waals surface area contributed by atoms with Crippen molar-refractivity contribution in [1.29, 1.82) is 0 Å². The molecule has 1 aromatic rings. The van der Waals surface area contributed by atoms with Gasteiger partial charge in [-0.25, -0.2) is 0 Å². The van der Waals surface area contributed by atoms with Gasteiger partial charge in [-0.1, -0.05) is 6.07 Å². The number of nitrogens with zero attached hydrogens (tertiary/aromatic N) is 1. The second-order valence-corrected chi connectivity index (χ2v) is 5.38. The Bertz CT molecular complexity index is 390. The van der Waals surface area contributed by atoms with E-state index in [4.69, 9.17) is 10.5 Å². The summed E-state index contributed by atoms with van der Waals surface area (Å²) in [5.41, 5.74) is 9.80. The molecule has 0 heterocycles. The summed E-state index contributed by atoms with van der Waals surface area (Å²) in [4.78, 5) is 2.37. The van der Waals surface area contributed by atoms with Crippen molar-refractivity contribution in [2.45, 2.75) is 46.2 Å². The molecule has 0 amide bonds. The van der Waals surface area contributed by atoms with Gasteiger partial charge in [-0.3, -0.25) is 0 Å². The molecule has 2 N–H and O–H groups in total. The topological polar surface area (TPSA) is 38.5 Å². The molecule has 19 heavy (non-hydrogen) atoms. The summed E-state index contributed by atoms with van der Waals surface area (Å²) >= 11 is 0. The highest BCUT2D eigenvalue weighted by Gasteiger charge is 2.13. The van der Waals surface area contributed by atoms with Crippen LogP contribution in [0.1, 0.15) is 31.9 Å². The highest BCUT2D eigenvalue weighted by Crippen LogP contribution is 2.22. The first-order valence-corrected chi connectivity index (χ1v) is 7.10. The fourth-order valence-electron chi connectivity index (χ4n) is 2.51. The van der Waals surface area contributed by atoms with E-state index in [-0.39, 0.29) is 6.04 Å². The molecule has 0 aromatic heterocycles. The number of benzene rings is 1. The number of rotatable bonds is 7. The zero-order chi connectivity index (χ0) is 14.4. The van der Waals surface area contributed by atoms with Crippen LogP contribution in [-0.2, 0) is 11.2 Å². The number of hydrogen-bond acceptors (Lipinski definition) is 3. The molecule has 0 aliphatic carbocycles. The summed E-state index contributed by atoms with van der Waals surface area (Å²) in [5, 5.41) is 0. The van der Waals surface area contributed by atoms with Gasteiger partial charge in [-0.15, -0.1) is 0 Å². The zero-order valence-corrected chi connectivity index (χ0v) is 12.9. The van der Waals surface area contributed by atoms with Crippen LogP contribution in [0.4, 0.5) is 5.69 Å². The van der Waals surface area contributed by atoms with Crippen LogP contribution in [0.25, 0.3) is 0 Å². The van der Waals surface area contributed by atoms with E-state index in [2.05, 4.69) is 43.9 Å². The Morgan fingerprint density at radius 1 is 1.32 bits per heavy atom. The van der Waals surface area contributed by atoms with E-state index in [0.717, 1.165) is 19.6 Å². The average molecular weight is 264 g/mol. The van der Waals surface area contributed by atoms with Crippen LogP contribution in [0.2, 0.25) is 0 Å². The van der Waals surface area contributed by atoms with Crippen molar-refractivity contribution in [3.63, 3.8) is 0 Å². The van der Waals surface area contributed by atoms with Crippen LogP contribution in [-0.4, -0.2) is 32.3 Å². The third kappa shape index (κ3) is 4.51. The molecule has 0 saturated heterocycles. The maximum absolute atomic E-state index is 5.88. The van der Waals surface area contributed by atoms with Crippen molar-refractivity contribution in [3.8, 4) is 0 Å². The summed E-state index contributed by atoms with van der Waals surface area (Å²) in [7, 11) is 1.75. The Kier molecular flexibility index (Phi) is 6.32. The second kappa shape index (κ2) is 7.51. The minimum atomic E-state index is 0.208. The fourth-order valence-corrected chi connectivity index (χ4v) is 2.51. The van der Waals surface area contributed by atoms with E-state index in [1.165, 1.54) is 16.8 Å². The van der Waals surface area contributed by atoms with Crippen molar-refractivity contribution >= 4 is 5.69 Å². The highest BCUT2D eigenvalue weighted by molar-refractivity contribution is 5.51. The largest absolute Gasteiger partial charge is 0.383 e. The Morgan fingerprint density at radius 3 is 2.47 bits per heavy atom. The lowest BCUT2D eigenvalue weighted by molar-refractivity contribution is 0.182. The highest BCUT2D eigenvalue weighted by atomic mass is 16.5. The molecule has 2 unspecified atom stereocenters. The molecule has 0 spiro atoms. The Morgan fingerprint density at radius 2 is 2.00 bits per heavy atom. The standard InChI is InChI=1S/C16H28N2O/c1-6-18(14(4)11-19-5)16-8-7-15(10-13(3)17)12(2)9-16/h7-9,13-14H,6,10-11,17H2,1-5H3. The summed E-state index contributed by atoms with van der Waals surface area (Å²) in [6.07, 6.45) is 0.936. The second-order valence-electron chi connectivity index (χ2n) is 5.38. The SMILES string of the molecule is CCN(c1ccc(CC(C)N)c(C)c1)C(C)COC. The third-order valence-corrected chi connectivity index (χ3v) is 3.48. The first-order valence-electron chi connectivity index (χ1n) is 7.10. The molecule has 0 fully saturated rings. The Hall–Kier alpha value is -1.06. The Labute approximate surface area is 117 Å². The van der Waals surface area contributed by atoms with Gasteiger partial charge in [0.1, 0.15) is 0 Å². The molecular formula is C16H28N2O. The molecule has 3 nitrogen and oxygen atoms in total. The fraction of sp³-hybridized carbons (Fsp3) is 0.625. The minimum absolute atomic E-state index is 0.208. The molecule has 1 aromatic carbocycles. The van der Waals surface area contributed by atoms with Crippen LogP contribution in [0.15, 0.2) is 18.2 Å². The van der Waals surface area contributed by atoms with Gasteiger partial charge in [0.25, 0.3) is 0 Å². The van der Waals surface area contributed by atoms with Gasteiger partial charge < -0.3 is 15.4 Å². The van der Waals surface area contributed by atoms with Gasteiger partial charge >= 0.3 is 0 Å². The molecule has 0 radical (unpaired) electrons. The lowest BCUT2D eigenvalue weighted by Crippen LogP contribution is -2.36. The monoisotopic (exact) mass is 264 g/mol. The number of nitrogens with two attached hydrogens (primary N) is 1. The molecule has 0 bridgehead atoms. The van der Waals surface area contributed by atoms with Gasteiger partial charge in [-0.2, -0.15) is 0 Å². The van der Waals surface area contributed by atoms with Crippen molar-refractivity contribution in [3.05, 3.63) is 29.3 Å². The number of hydrogen-bond donors (Lipinski definition) is 1. The van der Waals surface area contributed by atoms with Crippen molar-refractivity contribution < 1.29 is 4.74 Å². The smallest absolute Gasteiger partial charge is 0.0663 e. The summed E-state index contributed by atoms with van der Waals surface area (Å²) in [6, 6.07) is 7.25. The van der Waals surface area contributed by atoms with Crippen molar-refractivity contribution in [2.75, 3.05) is 25.2 Å². The van der Waals surface area contributed by atoms with E-state index < -0.39 is 0 Å². The minimum Gasteiger partial charge on any atom is -0.383 e. The van der Waals surface area contributed by atoms with Gasteiger partial charge in [0.2, 0.25) is 0 Å². The first kappa shape index (κ1) is 16.0. The number of likely N-dealkylation sites (N-methyl/N-ethyl adjacent to an activating group) is 1. The van der Waals surface area contributed by atoms with Gasteiger partial charge in [0, 0.05) is 31.4 Å². The summed E-state index contributed by atoms with van der Waals surface area (Å²) in [6.45, 7) is 10.3. The number of anilines is 1. The zero-order valence-electron chi connectivity index (χ0n) is 12.9. The van der Waals surface area contributed by atoms with Gasteiger partial charge in [-0.05, 0) is 57.4 Å². The van der Waals surface area contributed by atoms with E-state index in [9.17, 15) is 0 Å². The number of methoxy groups -OCH3 is 1. The van der Waals surface area contributed by atoms with Crippen LogP contribution in [0, 0.1) is 6.92 Å². The van der Waals surface area contributed by atoms with Crippen molar-refractivity contribution in [1.82, 2.24) is 0 Å². The average Bonchev–Trinajstić information content (AvgIpc) is 2.33. The normalized spacial score (nSPS) is 14.2. The van der Waals surface area contributed by atoms with Crippen LogP contribution >= 0.6 is 0 Å². The third-order valence-electron chi connectivity index (χ3n) is 3.48. The molecular weight excluding hydrogens is 236 g/mol. The Balaban J connectivity index is 2.91. The van der Waals surface area contributed by atoms with Crippen LogP contribution in [0.3, 0.4) is 0 Å². The number of ether oxygens (including phenoxy) is 1. The number of aryl methyl sites for hydroxylation is 1. The van der Waals surface area contributed by atoms with Crippen LogP contribution < -0.4 is 10.6 Å². The van der Waals surface area contributed by atoms with E-state index in [1.54, 1.807) is 7.11 Å². The maximum atomic E-state index is 5.88. The molecule has 0 aliphatic heterocycles. The van der Waals surface area contributed by atoms with Gasteiger partial charge in [0.15, 0.2) is 0 Å². The predicted octanol–water partition coefficient (Wildman–Crippen LogP) is 2.75. The van der Waals surface area contributed by atoms with Crippen LogP contribution in [0.5, 0.6) is 0 Å². The first-order chi connectivity index (χ1) is 8.99. The molecule has 1 rings (SSSR count). The van der Waals surface area contributed by atoms with Crippen molar-refractivity contribution in [2.24, 2.45) is 5.73 Å². The summed E-state index contributed by atoms with van der Waals surface area (Å²) in [5.74, 6) is 0.